The van der Waals surface area contributed by atoms with Crippen LogP contribution in [0.5, 0.6) is 0 Å². The SMILES string of the molecule is O=C(N/N=C\[C@H](O)[C@H](O)[C@H](O)[C@H](O)CO)c1ccccc1. The zero-order valence-corrected chi connectivity index (χ0v) is 11.1. The molecule has 116 valence electrons. The number of hydrogen-bond acceptors (Lipinski definition) is 7. The molecule has 8 nitrogen and oxygen atoms in total. The van der Waals surface area contributed by atoms with Gasteiger partial charge in [0, 0.05) is 5.56 Å². The van der Waals surface area contributed by atoms with Crippen molar-refractivity contribution in [2.75, 3.05) is 6.61 Å². The largest absolute Gasteiger partial charge is 0.394 e. The van der Waals surface area contributed by atoms with Crippen molar-refractivity contribution in [3.05, 3.63) is 35.9 Å². The standard InChI is InChI=1S/C13H18N2O6/c16-7-10(18)12(20)11(19)9(17)6-14-15-13(21)8-4-2-1-3-5-8/h1-6,9-12,16-20H,7H2,(H,15,21)/b14-6-/t9-,10+,11-,12+/m0/s1. The molecule has 0 saturated heterocycles. The van der Waals surface area contributed by atoms with Gasteiger partial charge in [-0.05, 0) is 12.1 Å². The summed E-state index contributed by atoms with van der Waals surface area (Å²) >= 11 is 0. The van der Waals surface area contributed by atoms with E-state index >= 15 is 0 Å². The Morgan fingerprint density at radius 2 is 1.76 bits per heavy atom. The number of hydrogen-bond donors (Lipinski definition) is 6. The Balaban J connectivity index is 2.51. The quantitative estimate of drug-likeness (QED) is 0.250. The minimum absolute atomic E-state index is 0.362. The number of rotatable bonds is 7. The van der Waals surface area contributed by atoms with E-state index in [0.717, 1.165) is 6.21 Å². The Kier molecular flexibility index (Phi) is 6.92. The lowest BCUT2D eigenvalue weighted by atomic mass is 10.0. The van der Waals surface area contributed by atoms with Crippen LogP contribution in [0.3, 0.4) is 0 Å². The minimum atomic E-state index is -1.76. The highest BCUT2D eigenvalue weighted by atomic mass is 16.4. The minimum Gasteiger partial charge on any atom is -0.394 e. The first kappa shape index (κ1) is 17.2. The summed E-state index contributed by atoms with van der Waals surface area (Å²) in [5, 5.41) is 49.6. The van der Waals surface area contributed by atoms with Gasteiger partial charge in [0.1, 0.15) is 24.4 Å². The fourth-order valence-corrected chi connectivity index (χ4v) is 1.45. The highest BCUT2D eigenvalue weighted by molar-refractivity contribution is 5.94. The van der Waals surface area contributed by atoms with E-state index in [1.54, 1.807) is 30.3 Å². The molecule has 0 bridgehead atoms. The third kappa shape index (κ3) is 5.21. The molecule has 6 N–H and O–H groups in total. The van der Waals surface area contributed by atoms with Crippen LogP contribution in [0.4, 0.5) is 0 Å². The van der Waals surface area contributed by atoms with Gasteiger partial charge in [0.05, 0.1) is 12.8 Å². The number of nitrogens with one attached hydrogen (secondary N) is 1. The van der Waals surface area contributed by atoms with E-state index in [2.05, 4.69) is 10.5 Å². The van der Waals surface area contributed by atoms with Gasteiger partial charge in [0.2, 0.25) is 0 Å². The van der Waals surface area contributed by atoms with Crippen LogP contribution >= 0.6 is 0 Å². The maximum Gasteiger partial charge on any atom is 0.271 e. The normalized spacial score (nSPS) is 17.2. The van der Waals surface area contributed by atoms with Crippen molar-refractivity contribution in [1.82, 2.24) is 5.43 Å². The number of amides is 1. The van der Waals surface area contributed by atoms with Crippen LogP contribution in [-0.4, -0.2) is 68.7 Å². The maximum atomic E-state index is 11.6. The predicted molar refractivity (Wildman–Crippen MR) is 73.5 cm³/mol. The van der Waals surface area contributed by atoms with Gasteiger partial charge in [0.25, 0.3) is 5.91 Å². The van der Waals surface area contributed by atoms with Crippen LogP contribution < -0.4 is 5.43 Å². The van der Waals surface area contributed by atoms with Crippen molar-refractivity contribution in [2.45, 2.75) is 24.4 Å². The smallest absolute Gasteiger partial charge is 0.271 e. The molecule has 0 aromatic heterocycles. The number of aliphatic hydroxyl groups is 5. The van der Waals surface area contributed by atoms with Crippen molar-refractivity contribution in [1.29, 1.82) is 0 Å². The van der Waals surface area contributed by atoms with Crippen molar-refractivity contribution in [3.63, 3.8) is 0 Å². The molecule has 21 heavy (non-hydrogen) atoms. The Bertz CT molecular complexity index is 467. The van der Waals surface area contributed by atoms with Crippen molar-refractivity contribution < 1.29 is 30.3 Å². The lowest BCUT2D eigenvalue weighted by Crippen LogP contribution is -2.46. The molecule has 0 spiro atoms. The van der Waals surface area contributed by atoms with Gasteiger partial charge in [-0.1, -0.05) is 18.2 Å². The van der Waals surface area contributed by atoms with E-state index in [1.165, 1.54) is 0 Å². The molecule has 1 amide bonds. The van der Waals surface area contributed by atoms with Crippen LogP contribution in [0.15, 0.2) is 35.4 Å². The van der Waals surface area contributed by atoms with E-state index in [9.17, 15) is 20.1 Å². The molecule has 1 aromatic rings. The maximum absolute atomic E-state index is 11.6. The Labute approximate surface area is 121 Å². The lowest BCUT2D eigenvalue weighted by Gasteiger charge is -2.23. The van der Waals surface area contributed by atoms with Gasteiger partial charge in [-0.25, -0.2) is 5.43 Å². The number of benzene rings is 1. The van der Waals surface area contributed by atoms with E-state index in [-0.39, 0.29) is 0 Å². The van der Waals surface area contributed by atoms with Crippen molar-refractivity contribution in [3.8, 4) is 0 Å². The van der Waals surface area contributed by atoms with E-state index in [0.29, 0.717) is 5.56 Å². The second-order valence-corrected chi connectivity index (χ2v) is 4.31. The zero-order chi connectivity index (χ0) is 15.8. The van der Waals surface area contributed by atoms with Crippen LogP contribution in [-0.2, 0) is 0 Å². The summed E-state index contributed by atoms with van der Waals surface area (Å²) < 4.78 is 0. The molecular weight excluding hydrogens is 280 g/mol. The number of hydrazone groups is 1. The van der Waals surface area contributed by atoms with Gasteiger partial charge in [-0.2, -0.15) is 5.10 Å². The van der Waals surface area contributed by atoms with E-state index < -0.39 is 36.9 Å². The van der Waals surface area contributed by atoms with Gasteiger partial charge in [-0.3, -0.25) is 4.79 Å². The fraction of sp³-hybridized carbons (Fsp3) is 0.385. The van der Waals surface area contributed by atoms with E-state index in [4.69, 9.17) is 10.2 Å². The topological polar surface area (TPSA) is 143 Å². The number of aliphatic hydroxyl groups excluding tert-OH is 5. The van der Waals surface area contributed by atoms with Crippen molar-refractivity contribution >= 4 is 12.1 Å². The molecule has 0 unspecified atom stereocenters. The average molecular weight is 298 g/mol. The molecule has 0 aliphatic carbocycles. The summed E-state index contributed by atoms with van der Waals surface area (Å²) in [5.41, 5.74) is 2.49. The summed E-state index contributed by atoms with van der Waals surface area (Å²) in [6.07, 6.45) is -5.93. The summed E-state index contributed by atoms with van der Waals surface area (Å²) in [6.45, 7) is -0.771. The summed E-state index contributed by atoms with van der Waals surface area (Å²) in [7, 11) is 0. The Morgan fingerprint density at radius 3 is 2.33 bits per heavy atom. The molecule has 1 rings (SSSR count). The molecule has 4 atom stereocenters. The molecule has 0 saturated carbocycles. The molecule has 0 fully saturated rings. The summed E-state index contributed by atoms with van der Waals surface area (Å²) in [6, 6.07) is 8.22. The highest BCUT2D eigenvalue weighted by Gasteiger charge is 2.29. The lowest BCUT2D eigenvalue weighted by molar-refractivity contribution is -0.0999. The van der Waals surface area contributed by atoms with Crippen LogP contribution in [0, 0.1) is 0 Å². The Morgan fingerprint density at radius 1 is 1.14 bits per heavy atom. The van der Waals surface area contributed by atoms with E-state index in [1.807, 2.05) is 0 Å². The highest BCUT2D eigenvalue weighted by Crippen LogP contribution is 2.03. The number of carbonyl (C=O) groups is 1. The van der Waals surface area contributed by atoms with Gasteiger partial charge in [0.15, 0.2) is 0 Å². The number of carbonyl (C=O) groups excluding carboxylic acids is 1. The molecule has 0 radical (unpaired) electrons. The van der Waals surface area contributed by atoms with Gasteiger partial charge >= 0.3 is 0 Å². The molecule has 8 heteroatoms. The first-order valence-electron chi connectivity index (χ1n) is 6.19. The second-order valence-electron chi connectivity index (χ2n) is 4.31. The molecule has 0 heterocycles. The first-order chi connectivity index (χ1) is 9.97. The van der Waals surface area contributed by atoms with Gasteiger partial charge in [-0.15, -0.1) is 0 Å². The fourth-order valence-electron chi connectivity index (χ4n) is 1.45. The molecular formula is C13H18N2O6. The number of nitrogens with zero attached hydrogens (tertiary/aromatic N) is 1. The van der Waals surface area contributed by atoms with Crippen LogP contribution in [0.25, 0.3) is 0 Å². The monoisotopic (exact) mass is 298 g/mol. The predicted octanol–water partition coefficient (Wildman–Crippen LogP) is -2.16. The second kappa shape index (κ2) is 8.45. The summed E-state index contributed by atoms with van der Waals surface area (Å²) in [4.78, 5) is 11.6. The van der Waals surface area contributed by atoms with Crippen LogP contribution in [0.2, 0.25) is 0 Å². The van der Waals surface area contributed by atoms with Crippen LogP contribution in [0.1, 0.15) is 10.4 Å². The van der Waals surface area contributed by atoms with Gasteiger partial charge < -0.3 is 25.5 Å². The molecule has 1 aromatic carbocycles. The zero-order valence-electron chi connectivity index (χ0n) is 11.1. The third-order valence-corrected chi connectivity index (χ3v) is 2.71. The average Bonchev–Trinajstić information content (AvgIpc) is 2.53. The molecule has 0 aliphatic rings. The summed E-state index contributed by atoms with van der Waals surface area (Å²) in [5.74, 6) is -0.510. The first-order valence-corrected chi connectivity index (χ1v) is 6.19. The molecule has 0 aliphatic heterocycles. The third-order valence-electron chi connectivity index (χ3n) is 2.71. The van der Waals surface area contributed by atoms with Crippen molar-refractivity contribution in [2.24, 2.45) is 5.10 Å². The Hall–Kier alpha value is -1.84.